The summed E-state index contributed by atoms with van der Waals surface area (Å²) in [6.45, 7) is 5.72. The maximum atomic E-state index is 8.90. The average Bonchev–Trinajstić information content (AvgIpc) is 2.83. The maximum absolute atomic E-state index is 8.90. The molecule has 0 aliphatic carbocycles. The van der Waals surface area contributed by atoms with Gasteiger partial charge in [0, 0.05) is 37.3 Å². The Morgan fingerprint density at radius 2 is 1.00 bits per heavy atom. The molecular weight excluding hydrogens is 412 g/mol. The summed E-state index contributed by atoms with van der Waals surface area (Å²) in [5, 5.41) is 24.4. The summed E-state index contributed by atoms with van der Waals surface area (Å²) >= 11 is 0. The van der Waals surface area contributed by atoms with E-state index in [0.717, 1.165) is 35.7 Å². The molecule has 2 rings (SSSR count). The van der Waals surface area contributed by atoms with Crippen LogP contribution in [-0.4, -0.2) is 76.2 Å². The van der Waals surface area contributed by atoms with E-state index in [4.69, 9.17) is 29.2 Å². The molecule has 2 aromatic rings. The van der Waals surface area contributed by atoms with Crippen LogP contribution in [0.15, 0.2) is 48.5 Å². The second-order valence-corrected chi connectivity index (χ2v) is 6.94. The Labute approximate surface area is 190 Å². The third-order valence-corrected chi connectivity index (χ3v) is 4.49. The number of ether oxygens (including phenoxy) is 4. The molecule has 0 atom stereocenters. The lowest BCUT2D eigenvalue weighted by atomic mass is 10.2. The van der Waals surface area contributed by atoms with Gasteiger partial charge in [0.2, 0.25) is 0 Å². The van der Waals surface area contributed by atoms with Crippen molar-refractivity contribution in [2.24, 2.45) is 0 Å². The Morgan fingerprint density at radius 1 is 0.562 bits per heavy atom. The first-order chi connectivity index (χ1) is 15.8. The number of rotatable bonds is 19. The van der Waals surface area contributed by atoms with Gasteiger partial charge in [0.15, 0.2) is 0 Å². The zero-order chi connectivity index (χ0) is 22.7. The summed E-state index contributed by atoms with van der Waals surface area (Å²) < 4.78 is 22.2. The Kier molecular flexibility index (Phi) is 14.1. The van der Waals surface area contributed by atoms with Crippen LogP contribution in [0.25, 0.3) is 0 Å². The first-order valence-electron chi connectivity index (χ1n) is 11.0. The van der Waals surface area contributed by atoms with Gasteiger partial charge in [0.05, 0.1) is 39.6 Å². The Balaban J connectivity index is 1.44. The van der Waals surface area contributed by atoms with Gasteiger partial charge in [-0.05, 0) is 12.1 Å². The third-order valence-electron chi connectivity index (χ3n) is 4.49. The van der Waals surface area contributed by atoms with E-state index >= 15 is 0 Å². The van der Waals surface area contributed by atoms with Crippen molar-refractivity contribution in [3.63, 3.8) is 0 Å². The lowest BCUT2D eigenvalue weighted by Gasteiger charge is -2.12. The summed E-state index contributed by atoms with van der Waals surface area (Å²) in [6, 6.07) is 15.6. The molecule has 178 valence electrons. The molecule has 0 radical (unpaired) electrons. The first-order valence-corrected chi connectivity index (χ1v) is 11.0. The standard InChI is InChI=1S/C24H36N2O6/c27-11-15-31-23-7-3-1-5-21(23)19-25-9-13-29-17-18-30-14-10-26-20-22-6-2-4-8-24(22)32-16-12-28/h1-8,25-28H,9-20H2. The summed E-state index contributed by atoms with van der Waals surface area (Å²) in [7, 11) is 0. The Bertz CT molecular complexity index is 670. The minimum atomic E-state index is 0.00206. The van der Waals surface area contributed by atoms with Gasteiger partial charge in [-0.15, -0.1) is 0 Å². The highest BCUT2D eigenvalue weighted by molar-refractivity contribution is 5.33. The smallest absolute Gasteiger partial charge is 0.123 e. The fraction of sp³-hybridized carbons (Fsp3) is 0.500. The van der Waals surface area contributed by atoms with Gasteiger partial charge in [-0.1, -0.05) is 36.4 Å². The highest BCUT2D eigenvalue weighted by Gasteiger charge is 2.03. The minimum Gasteiger partial charge on any atom is -0.491 e. The van der Waals surface area contributed by atoms with E-state index in [0.29, 0.717) is 52.7 Å². The highest BCUT2D eigenvalue weighted by atomic mass is 16.5. The number of aliphatic hydroxyl groups excluding tert-OH is 2. The van der Waals surface area contributed by atoms with Gasteiger partial charge < -0.3 is 39.8 Å². The molecule has 32 heavy (non-hydrogen) atoms. The minimum absolute atomic E-state index is 0.00206. The molecule has 0 spiro atoms. The fourth-order valence-corrected chi connectivity index (χ4v) is 2.95. The van der Waals surface area contributed by atoms with Crippen molar-refractivity contribution in [1.29, 1.82) is 0 Å². The molecule has 0 amide bonds. The summed E-state index contributed by atoms with van der Waals surface area (Å²) in [6.07, 6.45) is 0. The first kappa shape index (κ1) is 26.1. The number of hydrogen-bond acceptors (Lipinski definition) is 8. The molecule has 0 aliphatic rings. The van der Waals surface area contributed by atoms with Gasteiger partial charge in [-0.25, -0.2) is 0 Å². The molecule has 0 saturated carbocycles. The van der Waals surface area contributed by atoms with E-state index < -0.39 is 0 Å². The van der Waals surface area contributed by atoms with E-state index in [1.165, 1.54) is 0 Å². The van der Waals surface area contributed by atoms with Crippen molar-refractivity contribution in [2.75, 3.05) is 65.9 Å². The van der Waals surface area contributed by atoms with Crippen LogP contribution in [-0.2, 0) is 22.6 Å². The summed E-state index contributed by atoms with van der Waals surface area (Å²) in [5.41, 5.74) is 2.11. The number of benzene rings is 2. The van der Waals surface area contributed by atoms with Crippen LogP contribution < -0.4 is 20.1 Å². The van der Waals surface area contributed by atoms with Crippen molar-refractivity contribution in [1.82, 2.24) is 10.6 Å². The van der Waals surface area contributed by atoms with Gasteiger partial charge in [0.25, 0.3) is 0 Å². The van der Waals surface area contributed by atoms with Crippen LogP contribution in [0.1, 0.15) is 11.1 Å². The Morgan fingerprint density at radius 3 is 1.44 bits per heavy atom. The average molecular weight is 449 g/mol. The molecule has 8 heteroatoms. The molecule has 0 saturated heterocycles. The molecular formula is C24H36N2O6. The van der Waals surface area contributed by atoms with Gasteiger partial charge in [-0.2, -0.15) is 0 Å². The number of hydrogen-bond donors (Lipinski definition) is 4. The molecule has 0 aromatic heterocycles. The second kappa shape index (κ2) is 17.4. The van der Waals surface area contributed by atoms with E-state index in [1.54, 1.807) is 0 Å². The van der Waals surface area contributed by atoms with E-state index in [1.807, 2.05) is 48.5 Å². The SMILES string of the molecule is OCCOc1ccccc1CNCCOCCOCCNCc1ccccc1OCCO. The van der Waals surface area contributed by atoms with Crippen LogP contribution in [0.4, 0.5) is 0 Å². The number of para-hydroxylation sites is 2. The van der Waals surface area contributed by atoms with Crippen molar-refractivity contribution < 1.29 is 29.2 Å². The summed E-state index contributed by atoms with van der Waals surface area (Å²) in [4.78, 5) is 0. The van der Waals surface area contributed by atoms with Crippen LogP contribution in [0.3, 0.4) is 0 Å². The lowest BCUT2D eigenvalue weighted by molar-refractivity contribution is 0.0497. The van der Waals surface area contributed by atoms with Crippen molar-refractivity contribution in [3.05, 3.63) is 59.7 Å². The predicted octanol–water partition coefficient (Wildman–Crippen LogP) is 1.34. The van der Waals surface area contributed by atoms with E-state index in [2.05, 4.69) is 10.6 Å². The van der Waals surface area contributed by atoms with Crippen molar-refractivity contribution >= 4 is 0 Å². The quantitative estimate of drug-likeness (QED) is 0.239. The molecule has 8 nitrogen and oxygen atoms in total. The van der Waals surface area contributed by atoms with Crippen molar-refractivity contribution in [2.45, 2.75) is 13.1 Å². The molecule has 0 unspecified atom stereocenters. The van der Waals surface area contributed by atoms with Crippen LogP contribution >= 0.6 is 0 Å². The molecule has 0 bridgehead atoms. The predicted molar refractivity (Wildman–Crippen MR) is 123 cm³/mol. The van der Waals surface area contributed by atoms with Crippen LogP contribution in [0, 0.1) is 0 Å². The fourth-order valence-electron chi connectivity index (χ4n) is 2.95. The van der Waals surface area contributed by atoms with Crippen LogP contribution in [0.2, 0.25) is 0 Å². The van der Waals surface area contributed by atoms with Gasteiger partial charge >= 0.3 is 0 Å². The van der Waals surface area contributed by atoms with Crippen molar-refractivity contribution in [3.8, 4) is 11.5 Å². The normalized spacial score (nSPS) is 10.9. The van der Waals surface area contributed by atoms with Gasteiger partial charge in [0.1, 0.15) is 24.7 Å². The third kappa shape index (κ3) is 10.9. The lowest BCUT2D eigenvalue weighted by Crippen LogP contribution is -2.22. The van der Waals surface area contributed by atoms with E-state index in [-0.39, 0.29) is 13.2 Å². The topological polar surface area (TPSA) is 101 Å². The second-order valence-electron chi connectivity index (χ2n) is 6.94. The number of aliphatic hydroxyl groups is 2. The molecule has 4 N–H and O–H groups in total. The monoisotopic (exact) mass is 448 g/mol. The zero-order valence-corrected chi connectivity index (χ0v) is 18.6. The molecule has 2 aromatic carbocycles. The molecule has 0 heterocycles. The Hall–Kier alpha value is -2.20. The largest absolute Gasteiger partial charge is 0.491 e. The zero-order valence-electron chi connectivity index (χ0n) is 18.6. The molecule has 0 aliphatic heterocycles. The summed E-state index contributed by atoms with van der Waals surface area (Å²) in [5.74, 6) is 1.58. The highest BCUT2D eigenvalue weighted by Crippen LogP contribution is 2.18. The maximum Gasteiger partial charge on any atom is 0.123 e. The van der Waals surface area contributed by atoms with Gasteiger partial charge in [-0.3, -0.25) is 0 Å². The molecule has 0 fully saturated rings. The van der Waals surface area contributed by atoms with E-state index in [9.17, 15) is 0 Å². The number of nitrogens with one attached hydrogen (secondary N) is 2. The van der Waals surface area contributed by atoms with Crippen LogP contribution in [0.5, 0.6) is 11.5 Å².